The second-order valence-corrected chi connectivity index (χ2v) is 4.57. The molecular formula is C17H12O4. The van der Waals surface area contributed by atoms with E-state index in [9.17, 15) is 15.0 Å². The van der Waals surface area contributed by atoms with Crippen LogP contribution in [0.3, 0.4) is 0 Å². The maximum atomic E-state index is 10.7. The normalized spacial score (nSPS) is 10.5. The highest BCUT2D eigenvalue weighted by Crippen LogP contribution is 2.35. The number of aromatic hydroxyl groups is 2. The minimum absolute atomic E-state index is 0.134. The number of aldehydes is 1. The summed E-state index contributed by atoms with van der Waals surface area (Å²) >= 11 is 0. The van der Waals surface area contributed by atoms with Crippen molar-refractivity contribution in [2.45, 2.75) is 0 Å². The highest BCUT2D eigenvalue weighted by Gasteiger charge is 2.08. The van der Waals surface area contributed by atoms with Gasteiger partial charge in [0.1, 0.15) is 23.0 Å². The SMILES string of the molecule is O=Cc1ccc(Oc2cccc3c(O)cccc23)cc1O. The average molecular weight is 280 g/mol. The predicted octanol–water partition coefficient (Wildman–Crippen LogP) is 3.86. The fraction of sp³-hybridized carbons (Fsp3) is 0. The smallest absolute Gasteiger partial charge is 0.153 e. The molecule has 4 nitrogen and oxygen atoms in total. The van der Waals surface area contributed by atoms with E-state index in [1.54, 1.807) is 36.4 Å². The van der Waals surface area contributed by atoms with Gasteiger partial charge in [0.25, 0.3) is 0 Å². The van der Waals surface area contributed by atoms with Gasteiger partial charge in [-0.15, -0.1) is 0 Å². The fourth-order valence-electron chi connectivity index (χ4n) is 2.17. The van der Waals surface area contributed by atoms with Crippen molar-refractivity contribution in [2.75, 3.05) is 0 Å². The Hall–Kier alpha value is -3.01. The van der Waals surface area contributed by atoms with Crippen molar-refractivity contribution in [1.82, 2.24) is 0 Å². The molecule has 4 heteroatoms. The molecule has 3 aromatic rings. The predicted molar refractivity (Wildman–Crippen MR) is 79.2 cm³/mol. The molecule has 2 N–H and O–H groups in total. The monoisotopic (exact) mass is 280 g/mol. The summed E-state index contributed by atoms with van der Waals surface area (Å²) in [6.45, 7) is 0. The van der Waals surface area contributed by atoms with Crippen LogP contribution in [-0.4, -0.2) is 16.5 Å². The number of fused-ring (bicyclic) bond motifs is 1. The van der Waals surface area contributed by atoms with Gasteiger partial charge in [0.2, 0.25) is 0 Å². The average Bonchev–Trinajstić information content (AvgIpc) is 2.49. The van der Waals surface area contributed by atoms with Gasteiger partial charge >= 0.3 is 0 Å². The molecule has 0 atom stereocenters. The van der Waals surface area contributed by atoms with Crippen LogP contribution in [-0.2, 0) is 0 Å². The van der Waals surface area contributed by atoms with E-state index in [4.69, 9.17) is 4.74 Å². The summed E-state index contributed by atoms with van der Waals surface area (Å²) in [5.74, 6) is 1.01. The van der Waals surface area contributed by atoms with Crippen LogP contribution in [0.1, 0.15) is 10.4 Å². The van der Waals surface area contributed by atoms with Crippen LogP contribution in [0, 0.1) is 0 Å². The van der Waals surface area contributed by atoms with Crippen LogP contribution >= 0.6 is 0 Å². The molecule has 0 bridgehead atoms. The van der Waals surface area contributed by atoms with Crippen LogP contribution in [0.5, 0.6) is 23.0 Å². The minimum Gasteiger partial charge on any atom is -0.507 e. The van der Waals surface area contributed by atoms with Gasteiger partial charge in [-0.2, -0.15) is 0 Å². The fourth-order valence-corrected chi connectivity index (χ4v) is 2.17. The third kappa shape index (κ3) is 2.39. The first-order chi connectivity index (χ1) is 10.2. The first kappa shape index (κ1) is 13.0. The molecule has 0 saturated carbocycles. The summed E-state index contributed by atoms with van der Waals surface area (Å²) in [6.07, 6.45) is 0.578. The van der Waals surface area contributed by atoms with Crippen molar-refractivity contribution in [3.63, 3.8) is 0 Å². The van der Waals surface area contributed by atoms with Gasteiger partial charge in [0.15, 0.2) is 6.29 Å². The quantitative estimate of drug-likeness (QED) is 0.715. The van der Waals surface area contributed by atoms with Crippen molar-refractivity contribution in [3.05, 3.63) is 60.2 Å². The number of benzene rings is 3. The van der Waals surface area contributed by atoms with E-state index in [0.29, 0.717) is 23.2 Å². The molecule has 0 fully saturated rings. The second-order valence-electron chi connectivity index (χ2n) is 4.57. The number of carbonyl (C=O) groups excluding carboxylic acids is 1. The van der Waals surface area contributed by atoms with E-state index in [-0.39, 0.29) is 17.1 Å². The Morgan fingerprint density at radius 1 is 0.857 bits per heavy atom. The molecule has 0 radical (unpaired) electrons. The summed E-state index contributed by atoms with van der Waals surface area (Å²) < 4.78 is 5.74. The summed E-state index contributed by atoms with van der Waals surface area (Å²) in [4.78, 5) is 10.7. The molecule has 0 aliphatic rings. The van der Waals surface area contributed by atoms with Crippen LogP contribution in [0.15, 0.2) is 54.6 Å². The first-order valence-electron chi connectivity index (χ1n) is 6.36. The second kappa shape index (κ2) is 5.17. The van der Waals surface area contributed by atoms with Crippen LogP contribution in [0.25, 0.3) is 10.8 Å². The molecule has 0 unspecified atom stereocenters. The third-order valence-corrected chi connectivity index (χ3v) is 3.22. The Kier molecular flexibility index (Phi) is 3.20. The summed E-state index contributed by atoms with van der Waals surface area (Å²) in [6, 6.07) is 15.0. The van der Waals surface area contributed by atoms with Crippen molar-refractivity contribution >= 4 is 17.1 Å². The molecule has 21 heavy (non-hydrogen) atoms. The van der Waals surface area contributed by atoms with E-state index in [2.05, 4.69) is 0 Å². The maximum absolute atomic E-state index is 10.7. The zero-order valence-corrected chi connectivity index (χ0v) is 11.0. The van der Waals surface area contributed by atoms with Crippen molar-refractivity contribution in [2.24, 2.45) is 0 Å². The topological polar surface area (TPSA) is 66.8 Å². The highest BCUT2D eigenvalue weighted by molar-refractivity contribution is 5.93. The van der Waals surface area contributed by atoms with Gasteiger partial charge in [-0.1, -0.05) is 24.3 Å². The largest absolute Gasteiger partial charge is 0.507 e. The Balaban J connectivity index is 2.04. The molecule has 0 aliphatic carbocycles. The molecular weight excluding hydrogens is 268 g/mol. The molecule has 0 heterocycles. The van der Waals surface area contributed by atoms with E-state index in [1.807, 2.05) is 6.07 Å². The van der Waals surface area contributed by atoms with E-state index < -0.39 is 0 Å². The Bertz CT molecular complexity index is 824. The summed E-state index contributed by atoms with van der Waals surface area (Å²) in [5, 5.41) is 21.0. The molecule has 104 valence electrons. The molecule has 0 aliphatic heterocycles. The van der Waals surface area contributed by atoms with E-state index in [0.717, 1.165) is 5.39 Å². The van der Waals surface area contributed by atoms with Gasteiger partial charge in [-0.25, -0.2) is 0 Å². The Labute approximate surface area is 120 Å². The molecule has 0 spiro atoms. The molecule has 0 saturated heterocycles. The van der Waals surface area contributed by atoms with Crippen molar-refractivity contribution in [3.8, 4) is 23.0 Å². The number of ether oxygens (including phenoxy) is 1. The van der Waals surface area contributed by atoms with Crippen molar-refractivity contribution in [1.29, 1.82) is 0 Å². The lowest BCUT2D eigenvalue weighted by Gasteiger charge is -2.10. The number of rotatable bonds is 3. The first-order valence-corrected chi connectivity index (χ1v) is 6.36. The van der Waals surface area contributed by atoms with Crippen molar-refractivity contribution < 1.29 is 19.7 Å². The molecule has 0 aromatic heterocycles. The van der Waals surface area contributed by atoms with Gasteiger partial charge in [0.05, 0.1) is 5.56 Å². The zero-order chi connectivity index (χ0) is 14.8. The number of hydrogen-bond acceptors (Lipinski definition) is 4. The Morgan fingerprint density at radius 3 is 2.38 bits per heavy atom. The lowest BCUT2D eigenvalue weighted by Crippen LogP contribution is -1.88. The van der Waals surface area contributed by atoms with E-state index in [1.165, 1.54) is 12.1 Å². The third-order valence-electron chi connectivity index (χ3n) is 3.22. The van der Waals surface area contributed by atoms with Crippen LogP contribution in [0.2, 0.25) is 0 Å². The van der Waals surface area contributed by atoms with Crippen LogP contribution in [0.4, 0.5) is 0 Å². The zero-order valence-electron chi connectivity index (χ0n) is 11.0. The standard InChI is InChI=1S/C17H12O4/c18-10-11-7-8-12(9-16(11)20)21-17-6-2-3-13-14(17)4-1-5-15(13)19/h1-10,19-20H. The lowest BCUT2D eigenvalue weighted by molar-refractivity contribution is 0.112. The minimum atomic E-state index is -0.134. The highest BCUT2D eigenvalue weighted by atomic mass is 16.5. The lowest BCUT2D eigenvalue weighted by atomic mass is 10.1. The van der Waals surface area contributed by atoms with Gasteiger partial charge in [-0.3, -0.25) is 4.79 Å². The van der Waals surface area contributed by atoms with Gasteiger partial charge in [0, 0.05) is 16.8 Å². The summed E-state index contributed by atoms with van der Waals surface area (Å²) in [7, 11) is 0. The van der Waals surface area contributed by atoms with Gasteiger partial charge < -0.3 is 14.9 Å². The van der Waals surface area contributed by atoms with Crippen LogP contribution < -0.4 is 4.74 Å². The summed E-state index contributed by atoms with van der Waals surface area (Å²) in [5.41, 5.74) is 0.206. The van der Waals surface area contributed by atoms with E-state index >= 15 is 0 Å². The number of carbonyl (C=O) groups is 1. The molecule has 3 rings (SSSR count). The molecule has 3 aromatic carbocycles. The number of phenols is 2. The maximum Gasteiger partial charge on any atom is 0.153 e. The molecule has 0 amide bonds. The number of phenolic OH excluding ortho intramolecular Hbond substituents is 2. The van der Waals surface area contributed by atoms with Gasteiger partial charge in [-0.05, 0) is 24.3 Å². The Morgan fingerprint density at radius 2 is 1.62 bits per heavy atom. The number of hydrogen-bond donors (Lipinski definition) is 2.